The molecule has 2 N–H and O–H groups in total. The first-order chi connectivity index (χ1) is 12.0. The van der Waals surface area contributed by atoms with Crippen LogP contribution >= 0.6 is 0 Å². The Morgan fingerprint density at radius 1 is 1.24 bits per heavy atom. The average Bonchev–Trinajstić information content (AvgIpc) is 2.56. The Bertz CT molecular complexity index is 1010. The fraction of sp³-hybridized carbons (Fsp3) is 0.211. The van der Waals surface area contributed by atoms with Gasteiger partial charge in [-0.3, -0.25) is 9.78 Å². The number of rotatable bonds is 5. The molecule has 0 unspecified atom stereocenters. The lowest BCUT2D eigenvalue weighted by Gasteiger charge is -2.12. The second-order valence-corrected chi connectivity index (χ2v) is 5.93. The predicted octanol–water partition coefficient (Wildman–Crippen LogP) is 2.82. The van der Waals surface area contributed by atoms with Gasteiger partial charge in [0.15, 0.2) is 0 Å². The number of hydrogen-bond donors (Lipinski definition) is 2. The van der Waals surface area contributed by atoms with E-state index in [1.54, 1.807) is 19.2 Å². The number of pyridine rings is 2. The van der Waals surface area contributed by atoms with Crippen LogP contribution in [0.4, 0.5) is 5.69 Å². The molecule has 0 spiro atoms. The number of aromatic carboxylic acids is 1. The molecule has 0 amide bonds. The van der Waals surface area contributed by atoms with Crippen molar-refractivity contribution in [1.82, 2.24) is 9.55 Å². The maximum Gasteiger partial charge on any atom is 0.341 e. The topological polar surface area (TPSA) is 84.2 Å². The van der Waals surface area contributed by atoms with Gasteiger partial charge in [-0.1, -0.05) is 18.2 Å². The highest BCUT2D eigenvalue weighted by atomic mass is 16.4. The van der Waals surface area contributed by atoms with Crippen LogP contribution in [0.2, 0.25) is 0 Å². The second kappa shape index (κ2) is 6.76. The summed E-state index contributed by atoms with van der Waals surface area (Å²) in [6.07, 6.45) is 1.63. The number of nitrogens with zero attached hydrogens (tertiary/aromatic N) is 2. The van der Waals surface area contributed by atoms with Crippen molar-refractivity contribution in [3.05, 3.63) is 69.8 Å². The summed E-state index contributed by atoms with van der Waals surface area (Å²) in [5.41, 5.74) is 2.57. The highest BCUT2D eigenvalue weighted by molar-refractivity contribution is 5.91. The lowest BCUT2D eigenvalue weighted by atomic mass is 10.1. The number of para-hydroxylation sites is 1. The van der Waals surface area contributed by atoms with E-state index < -0.39 is 11.5 Å². The van der Waals surface area contributed by atoms with Crippen LogP contribution in [0.3, 0.4) is 0 Å². The van der Waals surface area contributed by atoms with E-state index in [9.17, 15) is 14.7 Å². The van der Waals surface area contributed by atoms with Crippen molar-refractivity contribution in [2.24, 2.45) is 0 Å². The number of fused-ring (bicyclic) bond motifs is 1. The molecule has 6 nitrogen and oxygen atoms in total. The highest BCUT2D eigenvalue weighted by Gasteiger charge is 2.14. The summed E-state index contributed by atoms with van der Waals surface area (Å²) in [6.45, 7) is 4.42. The van der Waals surface area contributed by atoms with E-state index in [1.165, 1.54) is 4.57 Å². The van der Waals surface area contributed by atoms with Crippen molar-refractivity contribution < 1.29 is 9.90 Å². The molecular formula is C19H19N3O3. The maximum atomic E-state index is 12.3. The van der Waals surface area contributed by atoms with E-state index in [0.717, 1.165) is 22.3 Å². The molecule has 2 heterocycles. The standard InChI is InChI=1S/C19H19N3O3/c1-12-7-9-22(18(23)17(12)19(24)25)10-8-20-16-11-13(2)21-15-6-4-3-5-14(15)16/h3-7,9,11H,8,10H2,1-2H3,(H,20,21)(H,24,25). The first kappa shape index (κ1) is 16.7. The van der Waals surface area contributed by atoms with Crippen molar-refractivity contribution in [3.63, 3.8) is 0 Å². The van der Waals surface area contributed by atoms with Crippen LogP contribution in [-0.4, -0.2) is 27.2 Å². The largest absolute Gasteiger partial charge is 0.477 e. The minimum Gasteiger partial charge on any atom is -0.477 e. The Morgan fingerprint density at radius 3 is 2.76 bits per heavy atom. The smallest absolute Gasteiger partial charge is 0.341 e. The molecule has 0 aliphatic rings. The van der Waals surface area contributed by atoms with Gasteiger partial charge in [-0.05, 0) is 37.6 Å². The van der Waals surface area contributed by atoms with Gasteiger partial charge in [-0.2, -0.15) is 0 Å². The zero-order valence-electron chi connectivity index (χ0n) is 14.1. The molecule has 0 fully saturated rings. The summed E-state index contributed by atoms with van der Waals surface area (Å²) in [5.74, 6) is -1.19. The van der Waals surface area contributed by atoms with Gasteiger partial charge in [0.1, 0.15) is 5.56 Å². The second-order valence-electron chi connectivity index (χ2n) is 5.93. The van der Waals surface area contributed by atoms with Crippen LogP contribution < -0.4 is 10.9 Å². The van der Waals surface area contributed by atoms with Crippen LogP contribution in [0.1, 0.15) is 21.6 Å². The summed E-state index contributed by atoms with van der Waals surface area (Å²) in [4.78, 5) is 28.0. The van der Waals surface area contributed by atoms with E-state index in [-0.39, 0.29) is 5.56 Å². The van der Waals surface area contributed by atoms with E-state index >= 15 is 0 Å². The zero-order chi connectivity index (χ0) is 18.0. The normalized spacial score (nSPS) is 10.8. The first-order valence-electron chi connectivity index (χ1n) is 8.01. The molecule has 3 rings (SSSR count). The lowest BCUT2D eigenvalue weighted by Crippen LogP contribution is -2.29. The van der Waals surface area contributed by atoms with E-state index in [4.69, 9.17) is 0 Å². The quantitative estimate of drug-likeness (QED) is 0.748. The van der Waals surface area contributed by atoms with Gasteiger partial charge < -0.3 is 15.0 Å². The summed E-state index contributed by atoms with van der Waals surface area (Å²) in [7, 11) is 0. The van der Waals surface area contributed by atoms with E-state index in [0.29, 0.717) is 18.7 Å². The number of aromatic nitrogens is 2. The Morgan fingerprint density at radius 2 is 2.00 bits per heavy atom. The van der Waals surface area contributed by atoms with Gasteiger partial charge in [0.05, 0.1) is 5.52 Å². The molecule has 0 saturated carbocycles. The molecule has 0 bridgehead atoms. The third kappa shape index (κ3) is 3.38. The highest BCUT2D eigenvalue weighted by Crippen LogP contribution is 2.22. The summed E-state index contributed by atoms with van der Waals surface area (Å²) in [5, 5.41) is 13.5. The SMILES string of the molecule is Cc1cc(NCCn2ccc(C)c(C(=O)O)c2=O)c2ccccc2n1. The maximum absolute atomic E-state index is 12.3. The predicted molar refractivity (Wildman–Crippen MR) is 97.4 cm³/mol. The van der Waals surface area contributed by atoms with Crippen LogP contribution in [-0.2, 0) is 6.54 Å². The number of aryl methyl sites for hydroxylation is 2. The number of carbonyl (C=O) groups is 1. The molecule has 1 aromatic carbocycles. The van der Waals surface area contributed by atoms with Crippen molar-refractivity contribution in [3.8, 4) is 0 Å². The van der Waals surface area contributed by atoms with Crippen LogP contribution in [0.15, 0.2) is 47.4 Å². The molecule has 6 heteroatoms. The van der Waals surface area contributed by atoms with Crippen LogP contribution in [0.5, 0.6) is 0 Å². The van der Waals surface area contributed by atoms with E-state index in [2.05, 4.69) is 10.3 Å². The number of carboxylic acids is 1. The monoisotopic (exact) mass is 337 g/mol. The lowest BCUT2D eigenvalue weighted by molar-refractivity contribution is 0.0693. The van der Waals surface area contributed by atoms with Crippen molar-refractivity contribution in [2.45, 2.75) is 20.4 Å². The van der Waals surface area contributed by atoms with Crippen molar-refractivity contribution in [1.29, 1.82) is 0 Å². The minimum atomic E-state index is -1.19. The van der Waals surface area contributed by atoms with Crippen LogP contribution in [0, 0.1) is 13.8 Å². The van der Waals surface area contributed by atoms with Crippen LogP contribution in [0.25, 0.3) is 10.9 Å². The fourth-order valence-electron chi connectivity index (χ4n) is 2.87. The van der Waals surface area contributed by atoms with E-state index in [1.807, 2.05) is 37.3 Å². The molecular weight excluding hydrogens is 318 g/mol. The number of benzene rings is 1. The summed E-state index contributed by atoms with van der Waals surface area (Å²) < 4.78 is 1.42. The molecule has 0 aliphatic carbocycles. The third-order valence-corrected chi connectivity index (χ3v) is 4.10. The molecule has 0 saturated heterocycles. The molecule has 0 atom stereocenters. The van der Waals surface area contributed by atoms with Gasteiger partial charge in [0.25, 0.3) is 5.56 Å². The Kier molecular flexibility index (Phi) is 4.52. The Labute approximate surface area is 144 Å². The summed E-state index contributed by atoms with van der Waals surface area (Å²) >= 11 is 0. The number of hydrogen-bond acceptors (Lipinski definition) is 4. The van der Waals surface area contributed by atoms with Gasteiger partial charge in [0, 0.05) is 36.1 Å². The Hall–Kier alpha value is -3.15. The zero-order valence-corrected chi connectivity index (χ0v) is 14.1. The fourth-order valence-corrected chi connectivity index (χ4v) is 2.87. The number of nitrogens with one attached hydrogen (secondary N) is 1. The number of carboxylic acid groups (broad SMARTS) is 1. The molecule has 128 valence electrons. The first-order valence-corrected chi connectivity index (χ1v) is 8.01. The molecule has 25 heavy (non-hydrogen) atoms. The van der Waals surface area contributed by atoms with Crippen molar-refractivity contribution in [2.75, 3.05) is 11.9 Å². The van der Waals surface area contributed by atoms with Gasteiger partial charge in [-0.15, -0.1) is 0 Å². The molecule has 2 aromatic heterocycles. The molecule has 0 aliphatic heterocycles. The molecule has 0 radical (unpaired) electrons. The average molecular weight is 337 g/mol. The summed E-state index contributed by atoms with van der Waals surface area (Å²) in [6, 6.07) is 11.5. The minimum absolute atomic E-state index is 0.173. The van der Waals surface area contributed by atoms with Crippen molar-refractivity contribution >= 4 is 22.6 Å². The number of anilines is 1. The Balaban J connectivity index is 1.82. The van der Waals surface area contributed by atoms with Gasteiger partial charge in [-0.25, -0.2) is 4.79 Å². The van der Waals surface area contributed by atoms with Gasteiger partial charge >= 0.3 is 5.97 Å². The van der Waals surface area contributed by atoms with Gasteiger partial charge in [0.2, 0.25) is 0 Å². The third-order valence-electron chi connectivity index (χ3n) is 4.10. The molecule has 3 aromatic rings.